The third-order valence-electron chi connectivity index (χ3n) is 5.28. The van der Waals surface area contributed by atoms with Gasteiger partial charge in [0.15, 0.2) is 11.5 Å². The molecule has 1 aliphatic rings. The van der Waals surface area contributed by atoms with E-state index < -0.39 is 0 Å². The highest BCUT2D eigenvalue weighted by Crippen LogP contribution is 2.33. The van der Waals surface area contributed by atoms with Crippen LogP contribution >= 0.6 is 0 Å². The van der Waals surface area contributed by atoms with Crippen molar-refractivity contribution in [3.63, 3.8) is 0 Å². The second-order valence-corrected chi connectivity index (χ2v) is 7.43. The molecule has 4 heteroatoms. The zero-order chi connectivity index (χ0) is 19.6. The maximum atomic E-state index is 5.54. The van der Waals surface area contributed by atoms with Crippen molar-refractivity contribution >= 4 is 5.69 Å². The summed E-state index contributed by atoms with van der Waals surface area (Å²) in [6, 6.07) is 14.6. The van der Waals surface area contributed by atoms with Crippen LogP contribution in [0.5, 0.6) is 17.2 Å². The van der Waals surface area contributed by atoms with E-state index in [-0.39, 0.29) is 0 Å². The van der Waals surface area contributed by atoms with Crippen molar-refractivity contribution in [2.45, 2.75) is 58.4 Å². The first kappa shape index (κ1) is 20.4. The first-order chi connectivity index (χ1) is 13.8. The van der Waals surface area contributed by atoms with Gasteiger partial charge in [0.05, 0.1) is 7.11 Å². The van der Waals surface area contributed by atoms with Gasteiger partial charge in [0.25, 0.3) is 0 Å². The van der Waals surface area contributed by atoms with Gasteiger partial charge in [-0.3, -0.25) is 0 Å². The summed E-state index contributed by atoms with van der Waals surface area (Å²) >= 11 is 0. The number of fused-ring (bicyclic) bond motifs is 1. The van der Waals surface area contributed by atoms with Crippen LogP contribution < -0.4 is 19.1 Å². The highest BCUT2D eigenvalue weighted by Gasteiger charge is 2.15. The molecule has 0 saturated heterocycles. The number of benzene rings is 2. The summed E-state index contributed by atoms with van der Waals surface area (Å²) in [6.07, 6.45) is 9.23. The first-order valence-electron chi connectivity index (χ1n) is 10.6. The molecule has 28 heavy (non-hydrogen) atoms. The Kier molecular flexibility index (Phi) is 7.89. The summed E-state index contributed by atoms with van der Waals surface area (Å²) in [5, 5.41) is 0. The minimum atomic E-state index is 0.318. The minimum absolute atomic E-state index is 0.318. The molecule has 0 bridgehead atoms. The molecular formula is C24H33NO3. The van der Waals surface area contributed by atoms with Crippen molar-refractivity contribution < 1.29 is 14.2 Å². The lowest BCUT2D eigenvalue weighted by Gasteiger charge is -2.25. The number of rotatable bonds is 12. The molecule has 0 aromatic heterocycles. The highest BCUT2D eigenvalue weighted by molar-refractivity contribution is 5.51. The normalized spacial score (nSPS) is 12.2. The van der Waals surface area contributed by atoms with Crippen LogP contribution in [0.1, 0.15) is 57.4 Å². The fourth-order valence-electron chi connectivity index (χ4n) is 3.61. The Morgan fingerprint density at radius 1 is 0.857 bits per heavy atom. The first-order valence-corrected chi connectivity index (χ1v) is 10.6. The van der Waals surface area contributed by atoms with Gasteiger partial charge in [-0.15, -0.1) is 0 Å². The Bertz CT molecular complexity index is 714. The van der Waals surface area contributed by atoms with Gasteiger partial charge in [-0.2, -0.15) is 0 Å². The summed E-state index contributed by atoms with van der Waals surface area (Å²) in [4.78, 5) is 2.45. The van der Waals surface area contributed by atoms with Gasteiger partial charge in [-0.05, 0) is 48.4 Å². The molecule has 0 atom stereocenters. The van der Waals surface area contributed by atoms with Crippen LogP contribution in [0.3, 0.4) is 0 Å². The Hall–Kier alpha value is -2.36. The van der Waals surface area contributed by atoms with Crippen molar-refractivity contribution in [1.82, 2.24) is 0 Å². The smallest absolute Gasteiger partial charge is 0.231 e. The number of nitrogens with zero attached hydrogens (tertiary/aromatic N) is 1. The molecule has 0 radical (unpaired) electrons. The zero-order valence-corrected chi connectivity index (χ0v) is 17.3. The highest BCUT2D eigenvalue weighted by atomic mass is 16.7. The van der Waals surface area contributed by atoms with E-state index >= 15 is 0 Å². The lowest BCUT2D eigenvalue weighted by molar-refractivity contribution is 0.174. The van der Waals surface area contributed by atoms with Gasteiger partial charge in [0.2, 0.25) is 6.79 Å². The van der Waals surface area contributed by atoms with Crippen LogP contribution in [0.15, 0.2) is 42.5 Å². The quantitative estimate of drug-likeness (QED) is 0.409. The maximum Gasteiger partial charge on any atom is 0.231 e. The molecule has 4 nitrogen and oxygen atoms in total. The van der Waals surface area contributed by atoms with Gasteiger partial charge in [-0.25, -0.2) is 0 Å². The number of ether oxygens (including phenoxy) is 3. The summed E-state index contributed by atoms with van der Waals surface area (Å²) in [5.74, 6) is 2.58. The minimum Gasteiger partial charge on any atom is -0.497 e. The molecule has 0 aliphatic carbocycles. The summed E-state index contributed by atoms with van der Waals surface area (Å²) < 4.78 is 16.3. The van der Waals surface area contributed by atoms with E-state index in [4.69, 9.17) is 14.2 Å². The van der Waals surface area contributed by atoms with Crippen LogP contribution in [0.2, 0.25) is 0 Å². The molecule has 0 N–H and O–H groups in total. The predicted octanol–water partition coefficient (Wildman–Crippen LogP) is 6.18. The Balaban J connectivity index is 1.60. The van der Waals surface area contributed by atoms with Crippen LogP contribution in [-0.4, -0.2) is 20.4 Å². The van der Waals surface area contributed by atoms with Gasteiger partial charge >= 0.3 is 0 Å². The topological polar surface area (TPSA) is 30.9 Å². The number of hydrogen-bond donors (Lipinski definition) is 0. The molecule has 0 spiro atoms. The lowest BCUT2D eigenvalue weighted by atomic mass is 10.1. The van der Waals surface area contributed by atoms with Crippen LogP contribution in [0.25, 0.3) is 0 Å². The monoisotopic (exact) mass is 383 g/mol. The zero-order valence-electron chi connectivity index (χ0n) is 17.3. The van der Waals surface area contributed by atoms with Gasteiger partial charge in [-0.1, -0.05) is 51.5 Å². The molecule has 1 aliphatic heterocycles. The van der Waals surface area contributed by atoms with Crippen LogP contribution in [-0.2, 0) is 6.54 Å². The van der Waals surface area contributed by atoms with Crippen LogP contribution in [0.4, 0.5) is 5.69 Å². The molecule has 0 fully saturated rings. The standard InChI is InChI=1S/C24H33NO3/c1-3-4-5-6-7-8-9-16-25(21-11-13-22(26-2)14-12-21)18-20-10-15-23-24(17-20)28-19-27-23/h10-15,17H,3-9,16,18-19H2,1-2H3. The van der Waals surface area contributed by atoms with E-state index in [1.165, 1.54) is 56.2 Å². The summed E-state index contributed by atoms with van der Waals surface area (Å²) in [7, 11) is 1.71. The molecule has 152 valence electrons. The summed E-state index contributed by atoms with van der Waals surface area (Å²) in [5.41, 5.74) is 2.47. The fraction of sp³-hybridized carbons (Fsp3) is 0.500. The molecule has 0 saturated carbocycles. The van der Waals surface area contributed by atoms with Crippen molar-refractivity contribution in [3.05, 3.63) is 48.0 Å². The van der Waals surface area contributed by atoms with Crippen molar-refractivity contribution in [2.24, 2.45) is 0 Å². The summed E-state index contributed by atoms with van der Waals surface area (Å²) in [6.45, 7) is 4.50. The predicted molar refractivity (Wildman–Crippen MR) is 115 cm³/mol. The largest absolute Gasteiger partial charge is 0.497 e. The Labute approximate surface area is 169 Å². The second kappa shape index (κ2) is 10.8. The van der Waals surface area contributed by atoms with Gasteiger partial charge in [0, 0.05) is 18.8 Å². The molecule has 0 amide bonds. The van der Waals surface area contributed by atoms with Crippen molar-refractivity contribution in [2.75, 3.05) is 25.3 Å². The van der Waals surface area contributed by atoms with Crippen molar-refractivity contribution in [3.8, 4) is 17.2 Å². The van der Waals surface area contributed by atoms with E-state index in [0.29, 0.717) is 6.79 Å². The van der Waals surface area contributed by atoms with Gasteiger partial charge < -0.3 is 19.1 Å². The van der Waals surface area contributed by atoms with E-state index in [0.717, 1.165) is 30.3 Å². The Morgan fingerprint density at radius 3 is 2.32 bits per heavy atom. The molecule has 2 aromatic carbocycles. The van der Waals surface area contributed by atoms with E-state index in [9.17, 15) is 0 Å². The molecule has 3 rings (SSSR count). The van der Waals surface area contributed by atoms with Crippen molar-refractivity contribution in [1.29, 1.82) is 0 Å². The van der Waals surface area contributed by atoms with E-state index in [2.05, 4.69) is 36.1 Å². The molecule has 1 heterocycles. The fourth-order valence-corrected chi connectivity index (χ4v) is 3.61. The third-order valence-corrected chi connectivity index (χ3v) is 5.28. The SMILES string of the molecule is CCCCCCCCCN(Cc1ccc2c(c1)OCO2)c1ccc(OC)cc1. The van der Waals surface area contributed by atoms with Gasteiger partial charge in [0.1, 0.15) is 5.75 Å². The number of hydrogen-bond acceptors (Lipinski definition) is 4. The Morgan fingerprint density at radius 2 is 1.57 bits per heavy atom. The molecular weight excluding hydrogens is 350 g/mol. The number of anilines is 1. The maximum absolute atomic E-state index is 5.54. The van der Waals surface area contributed by atoms with Crippen LogP contribution in [0, 0.1) is 0 Å². The lowest BCUT2D eigenvalue weighted by Crippen LogP contribution is -2.23. The van der Waals surface area contributed by atoms with E-state index in [1.807, 2.05) is 18.2 Å². The molecule has 2 aromatic rings. The number of methoxy groups -OCH3 is 1. The average molecular weight is 384 g/mol. The third kappa shape index (κ3) is 5.82. The van der Waals surface area contributed by atoms with E-state index in [1.54, 1.807) is 7.11 Å². The molecule has 0 unspecified atom stereocenters. The second-order valence-electron chi connectivity index (χ2n) is 7.43. The number of unbranched alkanes of at least 4 members (excludes halogenated alkanes) is 6. The average Bonchev–Trinajstić information content (AvgIpc) is 3.20.